The van der Waals surface area contributed by atoms with E-state index in [1.165, 1.54) is 0 Å². The molecule has 0 aliphatic heterocycles. The molecule has 19 heavy (non-hydrogen) atoms. The number of aryl methyl sites for hydroxylation is 1. The van der Waals surface area contributed by atoms with Gasteiger partial charge in [0.25, 0.3) is 5.91 Å². The number of halogens is 1. The van der Waals surface area contributed by atoms with E-state index in [2.05, 4.69) is 5.32 Å². The van der Waals surface area contributed by atoms with Gasteiger partial charge in [-0.15, -0.1) is 0 Å². The molecule has 0 fully saturated rings. The van der Waals surface area contributed by atoms with E-state index in [1.807, 2.05) is 0 Å². The number of carbonyl (C=O) groups excluding carboxylic acids is 1. The number of hydrogen-bond acceptors (Lipinski definition) is 4. The number of aliphatic hydroxyl groups excluding tert-OH is 1. The van der Waals surface area contributed by atoms with Crippen LogP contribution in [-0.4, -0.2) is 41.3 Å². The fraction of sp³-hybridized carbons (Fsp3) is 0.333. The largest absolute Gasteiger partial charge is 0.484 e. The lowest BCUT2D eigenvalue weighted by molar-refractivity contribution is -0.143. The molecular weight excluding hydrogens is 274 g/mol. The van der Waals surface area contributed by atoms with E-state index >= 15 is 0 Å². The van der Waals surface area contributed by atoms with E-state index in [0.717, 1.165) is 5.56 Å². The predicted octanol–water partition coefficient (Wildman–Crippen LogP) is 0.589. The highest BCUT2D eigenvalue weighted by Crippen LogP contribution is 2.20. The molecule has 0 radical (unpaired) electrons. The molecular formula is C12H14ClNO5. The Hall–Kier alpha value is -1.79. The van der Waals surface area contributed by atoms with Crippen LogP contribution in [0.25, 0.3) is 0 Å². The maximum Gasteiger partial charge on any atom is 0.328 e. The first-order valence-corrected chi connectivity index (χ1v) is 5.84. The number of benzene rings is 1. The van der Waals surface area contributed by atoms with Gasteiger partial charge in [-0.1, -0.05) is 11.6 Å². The van der Waals surface area contributed by atoms with Crippen molar-refractivity contribution in [1.29, 1.82) is 0 Å². The minimum absolute atomic E-state index is 0.342. The van der Waals surface area contributed by atoms with Crippen molar-refractivity contribution in [3.8, 4) is 5.75 Å². The first-order valence-electron chi connectivity index (χ1n) is 5.46. The van der Waals surface area contributed by atoms with E-state index in [9.17, 15) is 9.59 Å². The Morgan fingerprint density at radius 1 is 1.47 bits per heavy atom. The molecule has 0 saturated carbocycles. The highest BCUT2D eigenvalue weighted by molar-refractivity contribution is 6.31. The summed E-state index contributed by atoms with van der Waals surface area (Å²) in [5.74, 6) is -1.49. The monoisotopic (exact) mass is 287 g/mol. The van der Waals surface area contributed by atoms with Crippen LogP contribution < -0.4 is 10.1 Å². The summed E-state index contributed by atoms with van der Waals surface area (Å²) in [5, 5.41) is 20.1. The molecule has 0 heterocycles. The molecule has 7 heteroatoms. The summed E-state index contributed by atoms with van der Waals surface area (Å²) >= 11 is 5.84. The van der Waals surface area contributed by atoms with Gasteiger partial charge in [0.1, 0.15) is 11.8 Å². The third kappa shape index (κ3) is 4.76. The summed E-state index contributed by atoms with van der Waals surface area (Å²) in [4.78, 5) is 22.0. The van der Waals surface area contributed by atoms with Crippen LogP contribution in [0.4, 0.5) is 0 Å². The summed E-state index contributed by atoms with van der Waals surface area (Å²) in [6.07, 6.45) is 0. The number of rotatable bonds is 6. The van der Waals surface area contributed by atoms with E-state index in [4.69, 9.17) is 26.6 Å². The number of carboxylic acid groups (broad SMARTS) is 1. The molecule has 0 aliphatic carbocycles. The van der Waals surface area contributed by atoms with Gasteiger partial charge < -0.3 is 20.3 Å². The van der Waals surface area contributed by atoms with Crippen molar-refractivity contribution >= 4 is 23.5 Å². The third-order valence-corrected chi connectivity index (χ3v) is 2.74. The van der Waals surface area contributed by atoms with Crippen molar-refractivity contribution in [1.82, 2.24) is 5.32 Å². The van der Waals surface area contributed by atoms with E-state index in [1.54, 1.807) is 25.1 Å². The van der Waals surface area contributed by atoms with Gasteiger partial charge in [-0.05, 0) is 30.7 Å². The number of carbonyl (C=O) groups is 2. The SMILES string of the molecule is Cc1cc(OCC(=O)N[C@H](CO)C(=O)O)ccc1Cl. The zero-order valence-electron chi connectivity index (χ0n) is 10.2. The molecule has 0 unspecified atom stereocenters. The van der Waals surface area contributed by atoms with E-state index in [0.29, 0.717) is 10.8 Å². The minimum Gasteiger partial charge on any atom is -0.484 e. The molecule has 1 aromatic carbocycles. The maximum absolute atomic E-state index is 11.4. The van der Waals surface area contributed by atoms with Crippen molar-refractivity contribution < 1.29 is 24.5 Å². The second-order valence-electron chi connectivity index (χ2n) is 3.84. The Morgan fingerprint density at radius 2 is 2.16 bits per heavy atom. The van der Waals surface area contributed by atoms with Crippen molar-refractivity contribution in [2.75, 3.05) is 13.2 Å². The Labute approximate surface area is 114 Å². The molecule has 0 aliphatic rings. The lowest BCUT2D eigenvalue weighted by atomic mass is 10.2. The quantitative estimate of drug-likeness (QED) is 0.712. The van der Waals surface area contributed by atoms with Gasteiger partial charge in [-0.3, -0.25) is 4.79 Å². The molecule has 0 bridgehead atoms. The van der Waals surface area contributed by atoms with Crippen LogP contribution in [0.15, 0.2) is 18.2 Å². The molecule has 1 amide bonds. The highest BCUT2D eigenvalue weighted by Gasteiger charge is 2.18. The number of hydrogen-bond donors (Lipinski definition) is 3. The molecule has 104 valence electrons. The lowest BCUT2D eigenvalue weighted by Gasteiger charge is -2.12. The zero-order chi connectivity index (χ0) is 14.4. The molecule has 0 spiro atoms. The molecule has 1 aromatic rings. The average Bonchev–Trinajstić information content (AvgIpc) is 2.37. The number of ether oxygens (including phenoxy) is 1. The van der Waals surface area contributed by atoms with Crippen molar-refractivity contribution in [2.24, 2.45) is 0 Å². The van der Waals surface area contributed by atoms with Crippen LogP contribution in [0.1, 0.15) is 5.56 Å². The van der Waals surface area contributed by atoms with E-state index < -0.39 is 24.5 Å². The fourth-order valence-corrected chi connectivity index (χ4v) is 1.39. The normalized spacial score (nSPS) is 11.7. The van der Waals surface area contributed by atoms with Crippen molar-refractivity contribution in [3.63, 3.8) is 0 Å². The molecule has 3 N–H and O–H groups in total. The molecule has 0 aromatic heterocycles. The number of aliphatic hydroxyl groups is 1. The van der Waals surface area contributed by atoms with Crippen LogP contribution >= 0.6 is 11.6 Å². The summed E-state index contributed by atoms with van der Waals surface area (Å²) < 4.78 is 5.18. The van der Waals surface area contributed by atoms with Crippen LogP contribution in [0.2, 0.25) is 5.02 Å². The maximum atomic E-state index is 11.4. The second-order valence-corrected chi connectivity index (χ2v) is 4.25. The molecule has 0 saturated heterocycles. The Kier molecular flexibility index (Phi) is 5.59. The van der Waals surface area contributed by atoms with Crippen LogP contribution in [-0.2, 0) is 9.59 Å². The first kappa shape index (κ1) is 15.3. The Bertz CT molecular complexity index is 477. The summed E-state index contributed by atoms with van der Waals surface area (Å²) in [5.41, 5.74) is 0.804. The Balaban J connectivity index is 2.49. The smallest absolute Gasteiger partial charge is 0.328 e. The van der Waals surface area contributed by atoms with Crippen LogP contribution in [0.3, 0.4) is 0 Å². The summed E-state index contributed by atoms with van der Waals surface area (Å²) in [7, 11) is 0. The second kappa shape index (κ2) is 6.96. The number of nitrogens with one attached hydrogen (secondary N) is 1. The fourth-order valence-electron chi connectivity index (χ4n) is 1.28. The van der Waals surface area contributed by atoms with Gasteiger partial charge >= 0.3 is 5.97 Å². The topological polar surface area (TPSA) is 95.9 Å². The van der Waals surface area contributed by atoms with Gasteiger partial charge in [0, 0.05) is 5.02 Å². The molecule has 6 nitrogen and oxygen atoms in total. The standard InChI is InChI=1S/C12H14ClNO5/c1-7-4-8(2-3-9(7)13)19-6-11(16)14-10(5-15)12(17)18/h2-4,10,15H,5-6H2,1H3,(H,14,16)(H,17,18)/t10-/m1/s1. The van der Waals surface area contributed by atoms with Crippen LogP contribution in [0, 0.1) is 6.92 Å². The van der Waals surface area contributed by atoms with Gasteiger partial charge in [0.05, 0.1) is 6.61 Å². The van der Waals surface area contributed by atoms with Gasteiger partial charge in [0.15, 0.2) is 6.61 Å². The zero-order valence-corrected chi connectivity index (χ0v) is 11.0. The van der Waals surface area contributed by atoms with Gasteiger partial charge in [-0.25, -0.2) is 4.79 Å². The van der Waals surface area contributed by atoms with Crippen LogP contribution in [0.5, 0.6) is 5.75 Å². The van der Waals surface area contributed by atoms with Gasteiger partial charge in [0.2, 0.25) is 0 Å². The number of carboxylic acids is 1. The summed E-state index contributed by atoms with van der Waals surface area (Å²) in [6.45, 7) is 0.771. The third-order valence-electron chi connectivity index (χ3n) is 2.32. The average molecular weight is 288 g/mol. The van der Waals surface area contributed by atoms with E-state index in [-0.39, 0.29) is 6.61 Å². The van der Waals surface area contributed by atoms with Crippen molar-refractivity contribution in [2.45, 2.75) is 13.0 Å². The minimum atomic E-state index is -1.33. The lowest BCUT2D eigenvalue weighted by Crippen LogP contribution is -2.45. The first-order chi connectivity index (χ1) is 8.93. The van der Waals surface area contributed by atoms with Gasteiger partial charge in [-0.2, -0.15) is 0 Å². The predicted molar refractivity (Wildman–Crippen MR) is 68.3 cm³/mol. The molecule has 1 rings (SSSR count). The number of amides is 1. The Morgan fingerprint density at radius 3 is 2.68 bits per heavy atom. The number of aliphatic carboxylic acids is 1. The molecule has 1 atom stereocenters. The highest BCUT2D eigenvalue weighted by atomic mass is 35.5. The van der Waals surface area contributed by atoms with Crippen molar-refractivity contribution in [3.05, 3.63) is 28.8 Å². The summed E-state index contributed by atoms with van der Waals surface area (Å²) in [6, 6.07) is 3.57.